The summed E-state index contributed by atoms with van der Waals surface area (Å²) >= 11 is 0. The number of halogens is 1. The second-order valence-electron chi connectivity index (χ2n) is 10.0. The van der Waals surface area contributed by atoms with Crippen LogP contribution in [-0.4, -0.2) is 83.7 Å². The number of carbonyl (C=O) groups is 3. The molecule has 13 heteroatoms. The Balaban J connectivity index is 1.59. The summed E-state index contributed by atoms with van der Waals surface area (Å²) in [7, 11) is 0. The lowest BCUT2D eigenvalue weighted by atomic mass is 9.91. The van der Waals surface area contributed by atoms with Crippen LogP contribution in [0, 0.1) is 5.82 Å². The zero-order chi connectivity index (χ0) is 28.8. The summed E-state index contributed by atoms with van der Waals surface area (Å²) in [5, 5.41) is 25.4. The molecule has 4 N–H and O–H groups in total. The molecule has 3 heterocycles. The number of aromatic nitrogens is 4. The van der Waals surface area contributed by atoms with Gasteiger partial charge in [0, 0.05) is 43.7 Å². The van der Waals surface area contributed by atoms with Crippen LogP contribution in [0.25, 0.3) is 11.2 Å². The number of rotatable bonds is 11. The molecule has 0 radical (unpaired) electrons. The molecule has 1 aliphatic heterocycles. The second-order valence-corrected chi connectivity index (χ2v) is 10.0. The predicted octanol–water partition coefficient (Wildman–Crippen LogP) is 2.27. The minimum Gasteiger partial charge on any atom is -0.478 e. The van der Waals surface area contributed by atoms with Gasteiger partial charge in [-0.05, 0) is 44.4 Å². The first-order valence-corrected chi connectivity index (χ1v) is 13.0. The Morgan fingerprint density at radius 2 is 1.95 bits per heavy atom. The van der Waals surface area contributed by atoms with Crippen molar-refractivity contribution >= 4 is 35.0 Å². The van der Waals surface area contributed by atoms with E-state index in [0.717, 1.165) is 11.6 Å². The number of hydrogen-bond acceptors (Lipinski definition) is 8. The van der Waals surface area contributed by atoms with Gasteiger partial charge in [0.1, 0.15) is 17.7 Å². The second kappa shape index (κ2) is 12.6. The molecule has 0 aliphatic carbocycles. The molecule has 40 heavy (non-hydrogen) atoms. The fourth-order valence-corrected chi connectivity index (χ4v) is 4.90. The molecule has 12 nitrogen and oxygen atoms in total. The van der Waals surface area contributed by atoms with E-state index in [4.69, 9.17) is 0 Å². The van der Waals surface area contributed by atoms with E-state index in [1.54, 1.807) is 18.3 Å². The summed E-state index contributed by atoms with van der Waals surface area (Å²) in [4.78, 5) is 50.7. The normalized spacial score (nSPS) is 18.1. The first kappa shape index (κ1) is 28.6. The lowest BCUT2D eigenvalue weighted by Gasteiger charge is -2.40. The third-order valence-electron chi connectivity index (χ3n) is 6.67. The van der Waals surface area contributed by atoms with Gasteiger partial charge in [0.15, 0.2) is 5.65 Å². The van der Waals surface area contributed by atoms with Crippen LogP contribution < -0.4 is 10.6 Å². The highest BCUT2D eigenvalue weighted by Crippen LogP contribution is 2.28. The number of anilines is 1. The lowest BCUT2D eigenvalue weighted by Crippen LogP contribution is -2.50. The Morgan fingerprint density at radius 3 is 2.62 bits per heavy atom. The highest BCUT2D eigenvalue weighted by Gasteiger charge is 2.35. The number of carboxylic acid groups (broad SMARTS) is 2. The van der Waals surface area contributed by atoms with Crippen molar-refractivity contribution in [2.45, 2.75) is 57.8 Å². The minimum absolute atomic E-state index is 0.0291. The van der Waals surface area contributed by atoms with Crippen LogP contribution in [0.3, 0.4) is 0 Å². The number of nitrogens with one attached hydrogen (secondary N) is 2. The number of carboxylic acids is 2. The molecule has 2 unspecified atom stereocenters. The molecule has 0 bridgehead atoms. The first-order valence-electron chi connectivity index (χ1n) is 13.0. The predicted molar refractivity (Wildman–Crippen MR) is 144 cm³/mol. The molecule has 1 aromatic carbocycles. The van der Waals surface area contributed by atoms with E-state index in [1.807, 2.05) is 23.3 Å². The summed E-state index contributed by atoms with van der Waals surface area (Å²) < 4.78 is 15.3. The number of likely N-dealkylation sites (tertiary alicyclic amines) is 1. The number of hydrogen-bond donors (Lipinski definition) is 4. The van der Waals surface area contributed by atoms with Crippen LogP contribution in [0.5, 0.6) is 0 Å². The van der Waals surface area contributed by atoms with Crippen molar-refractivity contribution < 1.29 is 29.0 Å². The minimum atomic E-state index is -1.36. The van der Waals surface area contributed by atoms with Crippen LogP contribution >= 0.6 is 0 Å². The number of amides is 1. The van der Waals surface area contributed by atoms with Crippen molar-refractivity contribution in [1.29, 1.82) is 0 Å². The summed E-state index contributed by atoms with van der Waals surface area (Å²) in [6.45, 7) is 4.76. The number of imidazole rings is 1. The van der Waals surface area contributed by atoms with Gasteiger partial charge in [0.25, 0.3) is 0 Å². The summed E-state index contributed by atoms with van der Waals surface area (Å²) in [6, 6.07) is 5.05. The molecule has 0 spiro atoms. The van der Waals surface area contributed by atoms with E-state index >= 15 is 0 Å². The smallest absolute Gasteiger partial charge is 0.333 e. The molecule has 2 atom stereocenters. The van der Waals surface area contributed by atoms with E-state index < -0.39 is 18.0 Å². The van der Waals surface area contributed by atoms with Gasteiger partial charge >= 0.3 is 11.9 Å². The quantitative estimate of drug-likeness (QED) is 0.259. The topological polar surface area (TPSA) is 163 Å². The van der Waals surface area contributed by atoms with Crippen molar-refractivity contribution in [1.82, 2.24) is 29.7 Å². The average Bonchev–Trinajstić information content (AvgIpc) is 3.23. The number of nitrogens with zero attached hydrogens (tertiary/aromatic N) is 5. The number of aliphatic carboxylic acids is 2. The van der Waals surface area contributed by atoms with Gasteiger partial charge < -0.3 is 20.8 Å². The lowest BCUT2D eigenvalue weighted by molar-refractivity contribution is -0.136. The number of fused-ring (bicyclic) bond motifs is 1. The van der Waals surface area contributed by atoms with E-state index in [2.05, 4.69) is 25.6 Å². The van der Waals surface area contributed by atoms with Gasteiger partial charge in [-0.1, -0.05) is 12.1 Å². The van der Waals surface area contributed by atoms with Gasteiger partial charge in [0.2, 0.25) is 11.9 Å². The third kappa shape index (κ3) is 7.17. The van der Waals surface area contributed by atoms with Crippen molar-refractivity contribution in [3.63, 3.8) is 0 Å². The zero-order valence-electron chi connectivity index (χ0n) is 22.2. The van der Waals surface area contributed by atoms with Crippen LogP contribution in [0.4, 0.5) is 10.3 Å². The van der Waals surface area contributed by atoms with Gasteiger partial charge in [-0.25, -0.2) is 28.9 Å². The van der Waals surface area contributed by atoms with E-state index in [1.165, 1.54) is 18.5 Å². The van der Waals surface area contributed by atoms with Crippen LogP contribution in [-0.2, 0) is 20.9 Å². The Hall–Kier alpha value is -4.39. The van der Waals surface area contributed by atoms with E-state index in [0.29, 0.717) is 36.6 Å². The van der Waals surface area contributed by atoms with Gasteiger partial charge in [0.05, 0.1) is 18.3 Å². The monoisotopic (exact) mass is 553 g/mol. The molecule has 1 aliphatic rings. The van der Waals surface area contributed by atoms with Crippen LogP contribution in [0.15, 0.2) is 48.4 Å². The number of piperidine rings is 1. The number of carbonyl (C=O) groups excluding carboxylic acids is 1. The molecule has 3 aromatic rings. The van der Waals surface area contributed by atoms with Gasteiger partial charge in [-0.2, -0.15) is 0 Å². The Labute approximate surface area is 229 Å². The maximum atomic E-state index is 13.5. The molecular formula is C27H32FN7O5. The van der Waals surface area contributed by atoms with Crippen LogP contribution in [0.1, 0.15) is 38.7 Å². The summed E-state index contributed by atoms with van der Waals surface area (Å²) in [5.74, 6) is -2.72. The third-order valence-corrected chi connectivity index (χ3v) is 6.67. The van der Waals surface area contributed by atoms with Crippen molar-refractivity contribution in [2.75, 3.05) is 18.4 Å². The maximum absolute atomic E-state index is 13.5. The fraction of sp³-hybridized carbons (Fsp3) is 0.407. The Bertz CT molecular complexity index is 1410. The SMILES string of the molecule is CC(C)NC(=O)CCN1CCC(Nc2nc3cncnc3n2Cc2ccc(F)cc2)CC1/C(=C\C(=O)O)C(=O)O. The van der Waals surface area contributed by atoms with Crippen molar-refractivity contribution in [3.8, 4) is 0 Å². The molecule has 1 fully saturated rings. The molecule has 0 saturated carbocycles. The van der Waals surface area contributed by atoms with E-state index in [9.17, 15) is 29.0 Å². The standard InChI is InChI=1S/C27H32FN7O5/c1-16(2)31-23(36)8-10-34-9-7-19(11-22(34)20(26(39)40)12-24(37)38)32-27-33-21-13-29-15-30-25(21)35(27)14-17-3-5-18(28)6-4-17/h3-6,12-13,15-16,19,22H,7-11,14H2,1-2H3,(H,31,36)(H,32,33)(H,37,38)(H,39,40)/b20-12+. The maximum Gasteiger partial charge on any atom is 0.333 e. The van der Waals surface area contributed by atoms with Gasteiger partial charge in [-0.3, -0.25) is 14.3 Å². The fourth-order valence-electron chi connectivity index (χ4n) is 4.90. The van der Waals surface area contributed by atoms with Gasteiger partial charge in [-0.15, -0.1) is 0 Å². The highest BCUT2D eigenvalue weighted by molar-refractivity contribution is 5.95. The largest absolute Gasteiger partial charge is 0.478 e. The first-order chi connectivity index (χ1) is 19.1. The molecular weight excluding hydrogens is 521 g/mol. The molecule has 1 saturated heterocycles. The summed E-state index contributed by atoms with van der Waals surface area (Å²) in [5.41, 5.74) is 1.69. The molecule has 212 valence electrons. The number of benzene rings is 1. The Morgan fingerprint density at radius 1 is 1.20 bits per heavy atom. The highest BCUT2D eigenvalue weighted by atomic mass is 19.1. The van der Waals surface area contributed by atoms with Crippen LogP contribution in [0.2, 0.25) is 0 Å². The summed E-state index contributed by atoms with van der Waals surface area (Å²) in [6.07, 6.45) is 4.72. The zero-order valence-corrected chi connectivity index (χ0v) is 22.2. The van der Waals surface area contributed by atoms with E-state index in [-0.39, 0.29) is 48.8 Å². The molecule has 1 amide bonds. The molecule has 4 rings (SSSR count). The molecule has 2 aromatic heterocycles. The van der Waals surface area contributed by atoms with Crippen molar-refractivity contribution in [2.24, 2.45) is 0 Å². The average molecular weight is 554 g/mol. The Kier molecular flexibility index (Phi) is 9.04. The van der Waals surface area contributed by atoms with Crippen molar-refractivity contribution in [3.05, 3.63) is 59.8 Å².